The number of benzene rings is 1. The number of nitrogen functional groups attached to an aromatic ring is 1. The van der Waals surface area contributed by atoms with Crippen LogP contribution in [0.3, 0.4) is 0 Å². The Kier molecular flexibility index (Phi) is 4.78. The van der Waals surface area contributed by atoms with Gasteiger partial charge < -0.3 is 19.9 Å². The minimum atomic E-state index is 0.0177. The lowest BCUT2D eigenvalue weighted by Gasteiger charge is -2.29. The molecule has 0 amide bonds. The van der Waals surface area contributed by atoms with Gasteiger partial charge in [-0.05, 0) is 35.8 Å². The number of aromatic nitrogens is 2. The zero-order chi connectivity index (χ0) is 20.8. The molecule has 0 spiro atoms. The van der Waals surface area contributed by atoms with E-state index >= 15 is 0 Å². The summed E-state index contributed by atoms with van der Waals surface area (Å²) in [6.07, 6.45) is 7.37. The number of hydrogen-bond acceptors (Lipinski definition) is 6. The lowest BCUT2D eigenvalue weighted by molar-refractivity contribution is 0.324. The van der Waals surface area contributed by atoms with Gasteiger partial charge in [-0.3, -0.25) is 5.10 Å². The number of fused-ring (bicyclic) bond motifs is 3. The van der Waals surface area contributed by atoms with Gasteiger partial charge >= 0.3 is 0 Å². The van der Waals surface area contributed by atoms with Gasteiger partial charge in [-0.25, -0.2) is 0 Å². The van der Waals surface area contributed by atoms with E-state index in [0.717, 1.165) is 22.2 Å². The van der Waals surface area contributed by atoms with Gasteiger partial charge in [0.15, 0.2) is 11.5 Å². The number of rotatable bonds is 5. The quantitative estimate of drug-likeness (QED) is 0.617. The topological polar surface area (TPSA) is 82.4 Å². The Bertz CT molecular complexity index is 1110. The second kappa shape index (κ2) is 7.15. The van der Waals surface area contributed by atoms with Gasteiger partial charge in [0.05, 0.1) is 26.7 Å². The average molecular weight is 412 g/mol. The van der Waals surface area contributed by atoms with Gasteiger partial charge in [-0.1, -0.05) is 26.0 Å². The van der Waals surface area contributed by atoms with Crippen LogP contribution in [0.15, 0.2) is 23.8 Å². The predicted octanol–water partition coefficient (Wildman–Crippen LogP) is 5.01. The number of thiophene rings is 1. The molecule has 2 aromatic heterocycles. The van der Waals surface area contributed by atoms with Gasteiger partial charge in [0.2, 0.25) is 5.75 Å². The van der Waals surface area contributed by atoms with Crippen molar-refractivity contribution >= 4 is 39.5 Å². The van der Waals surface area contributed by atoms with Crippen molar-refractivity contribution in [1.29, 1.82) is 0 Å². The molecule has 3 N–H and O–H groups in total. The highest BCUT2D eigenvalue weighted by Crippen LogP contribution is 2.47. The third kappa shape index (κ3) is 3.25. The molecule has 0 bridgehead atoms. The molecule has 0 saturated carbocycles. The van der Waals surface area contributed by atoms with Crippen LogP contribution in [-0.2, 0) is 5.41 Å². The van der Waals surface area contributed by atoms with Crippen molar-refractivity contribution in [3.63, 3.8) is 0 Å². The lowest BCUT2D eigenvalue weighted by atomic mass is 9.77. The number of anilines is 1. The Morgan fingerprint density at radius 3 is 2.41 bits per heavy atom. The van der Waals surface area contributed by atoms with Gasteiger partial charge in [0, 0.05) is 15.9 Å². The number of ether oxygens (including phenoxy) is 3. The maximum atomic E-state index is 6.14. The van der Waals surface area contributed by atoms with E-state index in [1.807, 2.05) is 12.1 Å². The lowest BCUT2D eigenvalue weighted by Crippen LogP contribution is -2.20. The van der Waals surface area contributed by atoms with Crippen LogP contribution in [0.2, 0.25) is 0 Å². The normalized spacial score (nSPS) is 15.4. The van der Waals surface area contributed by atoms with Crippen molar-refractivity contribution < 1.29 is 14.2 Å². The number of nitrogens with two attached hydrogens (primary N) is 1. The van der Waals surface area contributed by atoms with Gasteiger partial charge in [-0.2, -0.15) is 5.10 Å². The van der Waals surface area contributed by atoms with E-state index in [0.29, 0.717) is 23.1 Å². The number of allylic oxidation sites excluding steroid dienone is 2. The minimum Gasteiger partial charge on any atom is -0.493 e. The third-order valence-electron chi connectivity index (χ3n) is 5.24. The smallest absolute Gasteiger partial charge is 0.203 e. The molecule has 1 aliphatic rings. The molecule has 152 valence electrons. The molecule has 0 radical (unpaired) electrons. The van der Waals surface area contributed by atoms with E-state index in [1.165, 1.54) is 16.0 Å². The van der Waals surface area contributed by atoms with Crippen molar-refractivity contribution in [1.82, 2.24) is 10.2 Å². The molecular formula is C22H25N3O3S. The molecule has 3 aromatic rings. The fraction of sp³-hybridized carbons (Fsp3) is 0.318. The Hall–Kier alpha value is -2.93. The zero-order valence-corrected chi connectivity index (χ0v) is 18.1. The van der Waals surface area contributed by atoms with Crippen LogP contribution in [0.25, 0.3) is 22.4 Å². The first-order valence-corrected chi connectivity index (χ1v) is 10.1. The number of nitrogens with one attached hydrogen (secondary N) is 1. The maximum Gasteiger partial charge on any atom is 0.203 e. The molecule has 0 saturated heterocycles. The maximum absolute atomic E-state index is 6.14. The van der Waals surface area contributed by atoms with E-state index in [4.69, 9.17) is 19.9 Å². The molecular weight excluding hydrogens is 386 g/mol. The average Bonchev–Trinajstić information content (AvgIpc) is 3.25. The van der Waals surface area contributed by atoms with Crippen molar-refractivity contribution in [2.75, 3.05) is 27.1 Å². The summed E-state index contributed by atoms with van der Waals surface area (Å²) in [5.41, 5.74) is 9.54. The second-order valence-corrected chi connectivity index (χ2v) is 8.73. The highest BCUT2D eigenvalue weighted by atomic mass is 32.1. The summed E-state index contributed by atoms with van der Waals surface area (Å²) in [5.74, 6) is 2.49. The number of H-pyrrole nitrogens is 1. The Balaban J connectivity index is 1.75. The molecule has 0 atom stereocenters. The van der Waals surface area contributed by atoms with Gasteiger partial charge in [-0.15, -0.1) is 11.3 Å². The molecule has 7 heteroatoms. The summed E-state index contributed by atoms with van der Waals surface area (Å²) in [6.45, 7) is 4.53. The summed E-state index contributed by atoms with van der Waals surface area (Å²) < 4.78 is 16.3. The summed E-state index contributed by atoms with van der Waals surface area (Å²) in [7, 11) is 4.84. The number of nitrogens with zero attached hydrogens (tertiary/aromatic N) is 1. The van der Waals surface area contributed by atoms with E-state index in [-0.39, 0.29) is 5.41 Å². The fourth-order valence-corrected chi connectivity index (χ4v) is 5.14. The fourth-order valence-electron chi connectivity index (χ4n) is 3.91. The van der Waals surface area contributed by atoms with Crippen molar-refractivity contribution in [2.45, 2.75) is 25.7 Å². The van der Waals surface area contributed by atoms with E-state index in [1.54, 1.807) is 32.7 Å². The van der Waals surface area contributed by atoms with E-state index in [2.05, 4.69) is 42.3 Å². The first kappa shape index (κ1) is 19.4. The molecule has 0 fully saturated rings. The Morgan fingerprint density at radius 2 is 1.79 bits per heavy atom. The molecule has 2 heterocycles. The van der Waals surface area contributed by atoms with Crippen LogP contribution < -0.4 is 19.9 Å². The van der Waals surface area contributed by atoms with Gasteiger partial charge in [0.1, 0.15) is 10.6 Å². The van der Waals surface area contributed by atoms with Gasteiger partial charge in [0.25, 0.3) is 0 Å². The summed E-state index contributed by atoms with van der Waals surface area (Å²) in [6, 6.07) is 3.88. The predicted molar refractivity (Wildman–Crippen MR) is 119 cm³/mol. The van der Waals surface area contributed by atoms with Crippen molar-refractivity contribution in [3.8, 4) is 17.2 Å². The third-order valence-corrected chi connectivity index (χ3v) is 6.71. The summed E-state index contributed by atoms with van der Waals surface area (Å²) in [5, 5.41) is 8.26. The molecule has 29 heavy (non-hydrogen) atoms. The molecule has 0 unspecified atom stereocenters. The second-order valence-electron chi connectivity index (χ2n) is 7.73. The molecule has 0 aliphatic heterocycles. The van der Waals surface area contributed by atoms with Crippen LogP contribution in [0.1, 0.15) is 36.3 Å². The first-order valence-electron chi connectivity index (χ1n) is 9.33. The number of aromatic amines is 1. The molecule has 1 aliphatic carbocycles. The van der Waals surface area contributed by atoms with Crippen molar-refractivity contribution in [2.24, 2.45) is 0 Å². The largest absolute Gasteiger partial charge is 0.493 e. The Morgan fingerprint density at radius 1 is 1.10 bits per heavy atom. The van der Waals surface area contributed by atoms with Crippen molar-refractivity contribution in [3.05, 3.63) is 39.8 Å². The van der Waals surface area contributed by atoms with E-state index in [9.17, 15) is 0 Å². The SMILES string of the molecule is COc1cc(/C=C/C2=Cc3c(sc4n[nH]c(N)c34)C(C)(C)C2)cc(OC)c1OC. The Labute approximate surface area is 174 Å². The monoisotopic (exact) mass is 411 g/mol. The number of hydrogen-bond donors (Lipinski definition) is 2. The first-order chi connectivity index (χ1) is 13.9. The molecule has 4 rings (SSSR count). The van der Waals surface area contributed by atoms with Crippen LogP contribution in [0, 0.1) is 0 Å². The molecule has 6 nitrogen and oxygen atoms in total. The van der Waals surface area contributed by atoms with Crippen LogP contribution in [-0.4, -0.2) is 31.5 Å². The summed E-state index contributed by atoms with van der Waals surface area (Å²) >= 11 is 1.72. The number of methoxy groups -OCH3 is 3. The molecule has 1 aromatic carbocycles. The van der Waals surface area contributed by atoms with E-state index < -0.39 is 0 Å². The standard InChI is InChI=1S/C22H25N3O3S/c1-22(2)11-13(8-14-17-20(23)24-25-21(17)29-19(14)22)7-6-12-9-15(26-3)18(28-5)16(10-12)27-4/h6-10H,11H2,1-5H3,(H3,23,24,25)/b7-6+. The summed E-state index contributed by atoms with van der Waals surface area (Å²) in [4.78, 5) is 2.30. The van der Waals surface area contributed by atoms with Crippen LogP contribution in [0.4, 0.5) is 5.82 Å². The highest BCUT2D eigenvalue weighted by molar-refractivity contribution is 7.19. The van der Waals surface area contributed by atoms with Crippen LogP contribution >= 0.6 is 11.3 Å². The zero-order valence-electron chi connectivity index (χ0n) is 17.3. The van der Waals surface area contributed by atoms with Crippen LogP contribution in [0.5, 0.6) is 17.2 Å². The minimum absolute atomic E-state index is 0.0177. The highest BCUT2D eigenvalue weighted by Gasteiger charge is 2.32.